The summed E-state index contributed by atoms with van der Waals surface area (Å²) in [5, 5.41) is 2.61. The monoisotopic (exact) mass is 396 g/mol. The highest BCUT2D eigenvalue weighted by molar-refractivity contribution is 6.21. The molecule has 150 valence electrons. The maximum absolute atomic E-state index is 12.4. The number of amides is 2. The van der Waals surface area contributed by atoms with Crippen LogP contribution in [-0.2, 0) is 6.54 Å². The number of aromatic nitrogens is 1. The largest absolute Gasteiger partial charge is 0.340 e. The lowest BCUT2D eigenvalue weighted by Gasteiger charge is -2.13. The minimum Gasteiger partial charge on any atom is -0.340 e. The fourth-order valence-electron chi connectivity index (χ4n) is 4.58. The van der Waals surface area contributed by atoms with E-state index in [1.165, 1.54) is 26.7 Å². The zero-order chi connectivity index (χ0) is 20.5. The van der Waals surface area contributed by atoms with Gasteiger partial charge < -0.3 is 4.57 Å². The Morgan fingerprint density at radius 2 is 1.00 bits per heavy atom. The number of carbonyl (C=O) groups is 2. The van der Waals surface area contributed by atoms with E-state index in [9.17, 15) is 9.59 Å². The minimum atomic E-state index is -0.152. The molecular formula is C26H24N2O2. The summed E-state index contributed by atoms with van der Waals surface area (Å²) in [7, 11) is 0. The van der Waals surface area contributed by atoms with Crippen molar-refractivity contribution < 1.29 is 9.59 Å². The van der Waals surface area contributed by atoms with Gasteiger partial charge in [-0.25, -0.2) is 0 Å². The Morgan fingerprint density at radius 1 is 0.533 bits per heavy atom. The predicted octanol–water partition coefficient (Wildman–Crippen LogP) is 5.65. The third-order valence-electron chi connectivity index (χ3n) is 6.07. The molecule has 30 heavy (non-hydrogen) atoms. The number of fused-ring (bicyclic) bond motifs is 4. The molecule has 0 radical (unpaired) electrons. The van der Waals surface area contributed by atoms with Crippen LogP contribution in [0.5, 0.6) is 0 Å². The molecule has 0 aliphatic carbocycles. The van der Waals surface area contributed by atoms with Crippen molar-refractivity contribution in [2.24, 2.45) is 0 Å². The SMILES string of the molecule is O=C1c2ccccc2C(=O)N1CCCCCCn1c2ccccc2c2ccccc21. The Kier molecular flexibility index (Phi) is 4.83. The van der Waals surface area contributed by atoms with Crippen LogP contribution in [0.2, 0.25) is 0 Å². The Balaban J connectivity index is 1.17. The molecule has 0 atom stereocenters. The van der Waals surface area contributed by atoms with Crippen LogP contribution < -0.4 is 0 Å². The molecule has 4 heteroatoms. The summed E-state index contributed by atoms with van der Waals surface area (Å²) in [4.78, 5) is 26.3. The third kappa shape index (κ3) is 3.09. The van der Waals surface area contributed by atoms with Gasteiger partial charge in [-0.2, -0.15) is 0 Å². The van der Waals surface area contributed by atoms with Gasteiger partial charge in [-0.15, -0.1) is 0 Å². The Labute approximate surface area is 175 Å². The molecular weight excluding hydrogens is 372 g/mol. The first-order valence-electron chi connectivity index (χ1n) is 10.7. The summed E-state index contributed by atoms with van der Waals surface area (Å²) in [5.41, 5.74) is 3.64. The van der Waals surface area contributed by atoms with Gasteiger partial charge in [0.2, 0.25) is 0 Å². The van der Waals surface area contributed by atoms with Crippen LogP contribution in [0.15, 0.2) is 72.8 Å². The molecule has 0 unspecified atom stereocenters. The number of hydrogen-bond donors (Lipinski definition) is 0. The average molecular weight is 396 g/mol. The first kappa shape index (κ1) is 18.6. The number of imide groups is 1. The zero-order valence-electron chi connectivity index (χ0n) is 16.9. The topological polar surface area (TPSA) is 42.3 Å². The van der Waals surface area contributed by atoms with Crippen molar-refractivity contribution in [3.05, 3.63) is 83.9 Å². The highest BCUT2D eigenvalue weighted by atomic mass is 16.2. The van der Waals surface area contributed by atoms with Crippen LogP contribution in [0.4, 0.5) is 0 Å². The molecule has 1 aliphatic rings. The first-order chi connectivity index (χ1) is 14.8. The number of rotatable bonds is 7. The van der Waals surface area contributed by atoms with E-state index in [2.05, 4.69) is 53.1 Å². The standard InChI is InChI=1S/C26H24N2O2/c29-25-21-13-3-4-14-22(21)26(30)28(25)18-10-2-1-9-17-27-23-15-7-5-11-19(23)20-12-6-8-16-24(20)27/h3-8,11-16H,1-2,9-10,17-18H2. The fourth-order valence-corrected chi connectivity index (χ4v) is 4.58. The quantitative estimate of drug-likeness (QED) is 0.299. The zero-order valence-corrected chi connectivity index (χ0v) is 16.9. The Morgan fingerprint density at radius 3 is 1.57 bits per heavy atom. The molecule has 0 spiro atoms. The maximum Gasteiger partial charge on any atom is 0.261 e. The fraction of sp³-hybridized carbons (Fsp3) is 0.231. The second kappa shape index (κ2) is 7.79. The number of unbranched alkanes of at least 4 members (excludes halogenated alkanes) is 3. The van der Waals surface area contributed by atoms with E-state index in [1.807, 2.05) is 12.1 Å². The van der Waals surface area contributed by atoms with Crippen molar-refractivity contribution in [2.75, 3.05) is 6.54 Å². The van der Waals surface area contributed by atoms with E-state index < -0.39 is 0 Å². The maximum atomic E-state index is 12.4. The summed E-state index contributed by atoms with van der Waals surface area (Å²) in [5.74, 6) is -0.304. The summed E-state index contributed by atoms with van der Waals surface area (Å²) in [6.45, 7) is 1.47. The number of aryl methyl sites for hydroxylation is 1. The van der Waals surface area contributed by atoms with Crippen molar-refractivity contribution in [2.45, 2.75) is 32.2 Å². The lowest BCUT2D eigenvalue weighted by molar-refractivity contribution is 0.0651. The van der Waals surface area contributed by atoms with E-state index in [1.54, 1.807) is 12.1 Å². The number of nitrogens with zero attached hydrogens (tertiary/aromatic N) is 2. The van der Waals surface area contributed by atoms with Crippen molar-refractivity contribution >= 4 is 33.6 Å². The number of hydrogen-bond acceptors (Lipinski definition) is 2. The number of para-hydroxylation sites is 2. The molecule has 4 aromatic rings. The Hall–Kier alpha value is -3.40. The molecule has 3 aromatic carbocycles. The van der Waals surface area contributed by atoms with Crippen molar-refractivity contribution in [1.29, 1.82) is 0 Å². The second-order valence-corrected chi connectivity index (χ2v) is 7.91. The van der Waals surface area contributed by atoms with Gasteiger partial charge in [0.1, 0.15) is 0 Å². The van der Waals surface area contributed by atoms with Crippen molar-refractivity contribution in [1.82, 2.24) is 9.47 Å². The summed E-state index contributed by atoms with van der Waals surface area (Å²) in [6.07, 6.45) is 4.00. The summed E-state index contributed by atoms with van der Waals surface area (Å²) < 4.78 is 2.41. The lowest BCUT2D eigenvalue weighted by atomic mass is 10.1. The minimum absolute atomic E-state index is 0.152. The molecule has 1 aliphatic heterocycles. The highest BCUT2D eigenvalue weighted by Crippen LogP contribution is 2.29. The van der Waals surface area contributed by atoms with Gasteiger partial charge in [-0.3, -0.25) is 14.5 Å². The van der Waals surface area contributed by atoms with Gasteiger partial charge in [0, 0.05) is 34.9 Å². The van der Waals surface area contributed by atoms with E-state index in [0.29, 0.717) is 17.7 Å². The summed E-state index contributed by atoms with van der Waals surface area (Å²) in [6, 6.07) is 24.2. The molecule has 0 N–H and O–H groups in total. The van der Waals surface area contributed by atoms with Crippen LogP contribution in [0.1, 0.15) is 46.4 Å². The van der Waals surface area contributed by atoms with E-state index >= 15 is 0 Å². The van der Waals surface area contributed by atoms with Gasteiger partial charge >= 0.3 is 0 Å². The molecule has 2 amide bonds. The van der Waals surface area contributed by atoms with Crippen LogP contribution >= 0.6 is 0 Å². The van der Waals surface area contributed by atoms with Crippen LogP contribution in [0.25, 0.3) is 21.8 Å². The highest BCUT2D eigenvalue weighted by Gasteiger charge is 2.34. The van der Waals surface area contributed by atoms with E-state index in [4.69, 9.17) is 0 Å². The molecule has 5 rings (SSSR count). The Bertz CT molecular complexity index is 1170. The number of benzene rings is 3. The predicted molar refractivity (Wildman–Crippen MR) is 120 cm³/mol. The van der Waals surface area contributed by atoms with Gasteiger partial charge in [0.15, 0.2) is 0 Å². The lowest BCUT2D eigenvalue weighted by Crippen LogP contribution is -2.30. The molecule has 4 nitrogen and oxygen atoms in total. The van der Waals surface area contributed by atoms with Gasteiger partial charge in [-0.05, 0) is 37.1 Å². The van der Waals surface area contributed by atoms with Gasteiger partial charge in [0.05, 0.1) is 11.1 Å². The molecule has 0 bridgehead atoms. The molecule has 2 heterocycles. The van der Waals surface area contributed by atoms with Crippen molar-refractivity contribution in [3.63, 3.8) is 0 Å². The summed E-state index contributed by atoms with van der Waals surface area (Å²) >= 11 is 0. The molecule has 0 fully saturated rings. The van der Waals surface area contributed by atoms with E-state index in [-0.39, 0.29) is 11.8 Å². The second-order valence-electron chi connectivity index (χ2n) is 7.91. The smallest absolute Gasteiger partial charge is 0.261 e. The van der Waals surface area contributed by atoms with Crippen LogP contribution in [-0.4, -0.2) is 27.8 Å². The van der Waals surface area contributed by atoms with Crippen molar-refractivity contribution in [3.8, 4) is 0 Å². The van der Waals surface area contributed by atoms with E-state index in [0.717, 1.165) is 32.2 Å². The average Bonchev–Trinajstić information content (AvgIpc) is 3.24. The molecule has 0 saturated heterocycles. The third-order valence-corrected chi connectivity index (χ3v) is 6.07. The molecule has 1 aromatic heterocycles. The number of carbonyl (C=O) groups excluding carboxylic acids is 2. The normalized spacial score (nSPS) is 13.5. The van der Waals surface area contributed by atoms with Crippen LogP contribution in [0.3, 0.4) is 0 Å². The van der Waals surface area contributed by atoms with Crippen LogP contribution in [0, 0.1) is 0 Å². The molecule has 0 saturated carbocycles. The first-order valence-corrected chi connectivity index (χ1v) is 10.7. The van der Waals surface area contributed by atoms with Gasteiger partial charge in [0.25, 0.3) is 11.8 Å². The van der Waals surface area contributed by atoms with Gasteiger partial charge in [-0.1, -0.05) is 61.4 Å².